The maximum absolute atomic E-state index is 9.69. The molecule has 0 saturated carbocycles. The van der Waals surface area contributed by atoms with Gasteiger partial charge in [-0.25, -0.2) is 0 Å². The van der Waals surface area contributed by atoms with E-state index in [2.05, 4.69) is 0 Å². The van der Waals surface area contributed by atoms with Crippen molar-refractivity contribution in [3.63, 3.8) is 0 Å². The zero-order chi connectivity index (χ0) is 13.3. The summed E-state index contributed by atoms with van der Waals surface area (Å²) in [5, 5.41) is 8.73. The number of aliphatic hydroxyl groups excluding tert-OH is 1. The molecule has 0 bridgehead atoms. The maximum atomic E-state index is 9.69. The van der Waals surface area contributed by atoms with Crippen LogP contribution in [0.1, 0.15) is 13.8 Å². The van der Waals surface area contributed by atoms with E-state index in [-0.39, 0.29) is 12.6 Å². The number of nitrogens with two attached hydrogens (primary N) is 1. The molecule has 0 heterocycles. The summed E-state index contributed by atoms with van der Waals surface area (Å²) in [5.41, 5.74) is 5.04. The van der Waals surface area contributed by atoms with Gasteiger partial charge in [-0.1, -0.05) is 18.2 Å². The average molecular weight is 277 g/mol. The molecule has 2 atom stereocenters. The smallest absolute Gasteiger partial charge is 0.216 e. The number of aliphatic hydroxyl groups is 1. The second-order valence-corrected chi connectivity index (χ2v) is 6.73. The predicted octanol–water partition coefficient (Wildman–Crippen LogP) is 0.976. The van der Waals surface area contributed by atoms with Crippen LogP contribution in [0.2, 0.25) is 0 Å². The third-order valence-electron chi connectivity index (χ3n) is 1.67. The van der Waals surface area contributed by atoms with Gasteiger partial charge in [0.05, 0.1) is 13.2 Å². The summed E-state index contributed by atoms with van der Waals surface area (Å²) in [6, 6.07) is 9.07. The fourth-order valence-electron chi connectivity index (χ4n) is 0.866. The van der Waals surface area contributed by atoms with Crippen molar-refractivity contribution in [3.05, 3.63) is 30.3 Å². The Morgan fingerprint density at radius 1 is 1.41 bits per heavy atom. The molecule has 1 unspecified atom stereocenters. The first-order valence-electron chi connectivity index (χ1n) is 5.33. The molecule has 0 aliphatic carbocycles. The van der Waals surface area contributed by atoms with Gasteiger partial charge >= 0.3 is 0 Å². The summed E-state index contributed by atoms with van der Waals surface area (Å²) in [4.78, 5) is 9.69. The zero-order valence-electron chi connectivity index (χ0n) is 10.1. The third kappa shape index (κ3) is 7.60. The summed E-state index contributed by atoms with van der Waals surface area (Å²) in [6.07, 6.45) is 0. The predicted molar refractivity (Wildman–Crippen MR) is 74.9 cm³/mol. The maximum Gasteiger partial charge on any atom is 0.216 e. The van der Waals surface area contributed by atoms with Crippen LogP contribution in [-0.2, 0) is 16.3 Å². The summed E-state index contributed by atoms with van der Waals surface area (Å²) >= 11 is 4.95. The van der Waals surface area contributed by atoms with E-state index in [1.807, 2.05) is 25.1 Å². The lowest BCUT2D eigenvalue weighted by molar-refractivity contribution is 0.273. The Labute approximate surface area is 108 Å². The monoisotopic (exact) mass is 277 g/mol. The molecule has 1 aromatic carbocycles. The van der Waals surface area contributed by atoms with E-state index in [0.717, 1.165) is 0 Å². The van der Waals surface area contributed by atoms with Crippen molar-refractivity contribution in [2.45, 2.75) is 19.9 Å². The highest BCUT2D eigenvalue weighted by atomic mass is 32.5. The Morgan fingerprint density at radius 3 is 2.24 bits per heavy atom. The van der Waals surface area contributed by atoms with Crippen LogP contribution in [0, 0.1) is 0 Å². The second kappa shape index (κ2) is 8.75. The SMILES string of the molecule is CCOP(O)(=S)c1ccccc1.C[C@H](N)CO. The third-order valence-corrected chi connectivity index (χ3v) is 4.18. The first-order chi connectivity index (χ1) is 7.94. The summed E-state index contributed by atoms with van der Waals surface area (Å²) in [5.74, 6) is 0. The van der Waals surface area contributed by atoms with Crippen LogP contribution in [0.4, 0.5) is 0 Å². The fraction of sp³-hybridized carbons (Fsp3) is 0.455. The Balaban J connectivity index is 0.000000437. The van der Waals surface area contributed by atoms with Gasteiger partial charge in [-0.05, 0) is 37.8 Å². The standard InChI is InChI=1S/C8H11O2PS.C3H9NO/c1-2-10-11(9,12)8-6-4-3-5-7-8;1-3(4)2-5/h3-7H,2H2,1H3,(H,9,12);3,5H,2,4H2,1H3/t;3-/m.0/s1. The van der Waals surface area contributed by atoms with Gasteiger partial charge in [0.15, 0.2) is 0 Å². The van der Waals surface area contributed by atoms with Crippen molar-refractivity contribution < 1.29 is 14.5 Å². The van der Waals surface area contributed by atoms with Crippen LogP contribution in [0.5, 0.6) is 0 Å². The van der Waals surface area contributed by atoms with Crippen LogP contribution >= 0.6 is 6.49 Å². The highest BCUT2D eigenvalue weighted by Crippen LogP contribution is 2.40. The van der Waals surface area contributed by atoms with Crippen molar-refractivity contribution in [2.24, 2.45) is 5.73 Å². The van der Waals surface area contributed by atoms with Crippen LogP contribution in [0.15, 0.2) is 30.3 Å². The lowest BCUT2D eigenvalue weighted by Crippen LogP contribution is -2.18. The normalized spacial score (nSPS) is 15.4. The molecule has 0 aromatic heterocycles. The Bertz CT molecular complexity index is 346. The lowest BCUT2D eigenvalue weighted by Gasteiger charge is -2.13. The number of benzene rings is 1. The Hall–Kier alpha value is -0.290. The molecule has 0 fully saturated rings. The molecule has 6 heteroatoms. The van der Waals surface area contributed by atoms with Crippen LogP contribution < -0.4 is 11.0 Å². The summed E-state index contributed by atoms with van der Waals surface area (Å²) in [6.45, 7) is 1.39. The molecular formula is C11H20NO3PS. The van der Waals surface area contributed by atoms with Gasteiger partial charge in [0.1, 0.15) is 0 Å². The van der Waals surface area contributed by atoms with E-state index in [0.29, 0.717) is 11.9 Å². The van der Waals surface area contributed by atoms with Crippen molar-refractivity contribution in [1.82, 2.24) is 0 Å². The Kier molecular flexibility index (Phi) is 8.60. The molecule has 0 saturated heterocycles. The van der Waals surface area contributed by atoms with E-state index in [1.165, 1.54) is 0 Å². The average Bonchev–Trinajstić information content (AvgIpc) is 2.31. The molecule has 0 aliphatic rings. The Morgan fingerprint density at radius 2 is 1.88 bits per heavy atom. The zero-order valence-corrected chi connectivity index (χ0v) is 11.8. The molecule has 0 radical (unpaired) electrons. The van der Waals surface area contributed by atoms with Gasteiger partial charge < -0.3 is 20.3 Å². The highest BCUT2D eigenvalue weighted by Gasteiger charge is 2.14. The van der Waals surface area contributed by atoms with Gasteiger partial charge in [0.2, 0.25) is 6.49 Å². The van der Waals surface area contributed by atoms with Crippen molar-refractivity contribution >= 4 is 23.6 Å². The molecule has 1 aromatic rings. The lowest BCUT2D eigenvalue weighted by atomic mass is 10.4. The number of rotatable bonds is 4. The minimum Gasteiger partial charge on any atom is -0.395 e. The van der Waals surface area contributed by atoms with Gasteiger partial charge in [-0.3, -0.25) is 0 Å². The van der Waals surface area contributed by atoms with Gasteiger partial charge in [-0.15, -0.1) is 0 Å². The summed E-state index contributed by atoms with van der Waals surface area (Å²) < 4.78 is 5.10. The summed E-state index contributed by atoms with van der Waals surface area (Å²) in [7, 11) is 0. The van der Waals surface area contributed by atoms with E-state index < -0.39 is 6.49 Å². The molecule has 0 amide bonds. The van der Waals surface area contributed by atoms with Gasteiger partial charge in [-0.2, -0.15) is 0 Å². The van der Waals surface area contributed by atoms with Gasteiger partial charge in [0, 0.05) is 11.3 Å². The molecule has 98 valence electrons. The molecule has 4 N–H and O–H groups in total. The fourth-order valence-corrected chi connectivity index (χ4v) is 2.60. The second-order valence-electron chi connectivity index (χ2n) is 3.43. The molecule has 1 rings (SSSR count). The molecular weight excluding hydrogens is 257 g/mol. The minimum atomic E-state index is -2.71. The highest BCUT2D eigenvalue weighted by molar-refractivity contribution is 8.13. The molecule has 17 heavy (non-hydrogen) atoms. The first kappa shape index (κ1) is 16.7. The van der Waals surface area contributed by atoms with Crippen LogP contribution in [0.25, 0.3) is 0 Å². The van der Waals surface area contributed by atoms with E-state index in [9.17, 15) is 4.89 Å². The van der Waals surface area contributed by atoms with Gasteiger partial charge in [0.25, 0.3) is 0 Å². The van der Waals surface area contributed by atoms with E-state index in [4.69, 9.17) is 27.2 Å². The largest absolute Gasteiger partial charge is 0.395 e. The number of hydrogen-bond acceptors (Lipinski definition) is 4. The first-order valence-corrected chi connectivity index (χ1v) is 8.00. The molecule has 4 nitrogen and oxygen atoms in total. The van der Waals surface area contributed by atoms with Crippen molar-refractivity contribution in [2.75, 3.05) is 13.2 Å². The van der Waals surface area contributed by atoms with Crippen LogP contribution in [0.3, 0.4) is 0 Å². The van der Waals surface area contributed by atoms with E-state index >= 15 is 0 Å². The molecule has 0 spiro atoms. The molecule has 0 aliphatic heterocycles. The van der Waals surface area contributed by atoms with E-state index in [1.54, 1.807) is 19.1 Å². The van der Waals surface area contributed by atoms with Crippen LogP contribution in [-0.4, -0.2) is 29.3 Å². The van der Waals surface area contributed by atoms with Crippen molar-refractivity contribution in [3.8, 4) is 0 Å². The number of hydrogen-bond donors (Lipinski definition) is 3. The minimum absolute atomic E-state index is 0.0602. The van der Waals surface area contributed by atoms with Crippen molar-refractivity contribution in [1.29, 1.82) is 0 Å². The topological polar surface area (TPSA) is 75.7 Å². The quantitative estimate of drug-likeness (QED) is 0.715.